The topological polar surface area (TPSA) is 58.6 Å². The van der Waals surface area contributed by atoms with Crippen molar-refractivity contribution in [3.8, 4) is 5.75 Å². The Balaban J connectivity index is 2.91. The third-order valence-corrected chi connectivity index (χ3v) is 2.54. The highest BCUT2D eigenvalue weighted by Gasteiger charge is 2.11. The monoisotopic (exact) mass is 285 g/mol. The fraction of sp³-hybridized carbons (Fsp3) is 0.357. The van der Waals surface area contributed by atoms with Crippen LogP contribution in [0.2, 0.25) is 0 Å². The van der Waals surface area contributed by atoms with Crippen molar-refractivity contribution in [1.29, 1.82) is 0 Å². The number of amides is 1. The Bertz CT molecular complexity index is 489. The molecule has 0 fully saturated rings. The molecule has 4 nitrogen and oxygen atoms in total. The van der Waals surface area contributed by atoms with Gasteiger partial charge in [-0.05, 0) is 25.5 Å². The first-order chi connectivity index (χ1) is 9.43. The van der Waals surface area contributed by atoms with Gasteiger partial charge in [0.1, 0.15) is 5.75 Å². The average molecular weight is 285 g/mol. The summed E-state index contributed by atoms with van der Waals surface area (Å²) >= 11 is 0. The van der Waals surface area contributed by atoms with Gasteiger partial charge >= 0.3 is 6.61 Å². The lowest BCUT2D eigenvalue weighted by molar-refractivity contribution is -0.117. The highest BCUT2D eigenvalue weighted by Crippen LogP contribution is 2.26. The number of nitrogens with one attached hydrogen (secondary N) is 1. The molecule has 0 bridgehead atoms. The average Bonchev–Trinajstić information content (AvgIpc) is 2.38. The first kappa shape index (κ1) is 16.1. The number of benzene rings is 1. The first-order valence-corrected chi connectivity index (χ1v) is 6.08. The lowest BCUT2D eigenvalue weighted by Gasteiger charge is -2.12. The van der Waals surface area contributed by atoms with Gasteiger partial charge < -0.3 is 15.2 Å². The summed E-state index contributed by atoms with van der Waals surface area (Å²) in [4.78, 5) is 11.6. The molecule has 2 N–H and O–H groups in total. The van der Waals surface area contributed by atoms with Crippen molar-refractivity contribution < 1.29 is 23.4 Å². The summed E-state index contributed by atoms with van der Waals surface area (Å²) in [5.41, 5.74) is 0.906. The Morgan fingerprint density at radius 1 is 1.45 bits per heavy atom. The zero-order chi connectivity index (χ0) is 15.1. The van der Waals surface area contributed by atoms with Gasteiger partial charge in [0.2, 0.25) is 5.91 Å². The molecule has 0 saturated heterocycles. The second-order valence-electron chi connectivity index (χ2n) is 4.29. The van der Waals surface area contributed by atoms with E-state index in [1.54, 1.807) is 32.0 Å². The Labute approximate surface area is 116 Å². The van der Waals surface area contributed by atoms with Gasteiger partial charge in [0.15, 0.2) is 0 Å². The van der Waals surface area contributed by atoms with Gasteiger partial charge in [0.05, 0.1) is 6.61 Å². The van der Waals surface area contributed by atoms with E-state index in [9.17, 15) is 13.6 Å². The number of rotatable bonds is 6. The van der Waals surface area contributed by atoms with Crippen LogP contribution < -0.4 is 10.1 Å². The maximum absolute atomic E-state index is 12.3. The molecule has 1 unspecified atom stereocenters. The van der Waals surface area contributed by atoms with Crippen molar-refractivity contribution in [2.24, 2.45) is 0 Å². The van der Waals surface area contributed by atoms with Crippen LogP contribution in [0.25, 0.3) is 5.57 Å². The highest BCUT2D eigenvalue weighted by atomic mass is 19.3. The van der Waals surface area contributed by atoms with Crippen LogP contribution in [-0.2, 0) is 4.79 Å². The first-order valence-electron chi connectivity index (χ1n) is 6.08. The number of halogens is 2. The molecule has 0 aliphatic heterocycles. The van der Waals surface area contributed by atoms with Crippen molar-refractivity contribution in [3.05, 3.63) is 35.9 Å². The molecular formula is C14H17F2NO3. The molecule has 1 atom stereocenters. The Morgan fingerprint density at radius 3 is 2.70 bits per heavy atom. The molecule has 110 valence electrons. The normalized spacial score (nSPS) is 13.2. The van der Waals surface area contributed by atoms with Gasteiger partial charge in [0, 0.05) is 17.7 Å². The molecule has 1 amide bonds. The van der Waals surface area contributed by atoms with Crippen molar-refractivity contribution in [2.45, 2.75) is 26.5 Å². The van der Waals surface area contributed by atoms with E-state index in [0.29, 0.717) is 11.1 Å². The molecule has 0 spiro atoms. The van der Waals surface area contributed by atoms with E-state index >= 15 is 0 Å². The lowest BCUT2D eigenvalue weighted by Crippen LogP contribution is -2.33. The zero-order valence-electron chi connectivity index (χ0n) is 11.3. The molecule has 20 heavy (non-hydrogen) atoms. The summed E-state index contributed by atoms with van der Waals surface area (Å²) in [6.45, 7) is 0.169. The Hall–Kier alpha value is -1.95. The predicted octanol–water partition coefficient (Wildman–Crippen LogP) is 2.19. The van der Waals surface area contributed by atoms with Crippen LogP contribution in [0.1, 0.15) is 19.4 Å². The molecule has 0 saturated carbocycles. The van der Waals surface area contributed by atoms with E-state index in [1.165, 1.54) is 12.1 Å². The molecular weight excluding hydrogens is 268 g/mol. The molecule has 0 aromatic heterocycles. The molecule has 0 aliphatic carbocycles. The Kier molecular flexibility index (Phi) is 6.11. The minimum atomic E-state index is -2.92. The molecule has 0 aliphatic rings. The van der Waals surface area contributed by atoms with Crippen LogP contribution in [-0.4, -0.2) is 30.3 Å². The fourth-order valence-corrected chi connectivity index (χ4v) is 1.60. The van der Waals surface area contributed by atoms with E-state index in [0.717, 1.165) is 0 Å². The largest absolute Gasteiger partial charge is 0.434 e. The van der Waals surface area contributed by atoms with Crippen LogP contribution in [0.4, 0.5) is 8.78 Å². The van der Waals surface area contributed by atoms with E-state index in [1.807, 2.05) is 0 Å². The summed E-state index contributed by atoms with van der Waals surface area (Å²) in [7, 11) is 0. The third kappa shape index (κ3) is 4.97. The maximum atomic E-state index is 12.3. The number of hydrogen-bond acceptors (Lipinski definition) is 3. The van der Waals surface area contributed by atoms with Crippen LogP contribution in [0.3, 0.4) is 0 Å². The summed E-state index contributed by atoms with van der Waals surface area (Å²) in [6.07, 6.45) is 1.28. The lowest BCUT2D eigenvalue weighted by atomic mass is 10.1. The maximum Gasteiger partial charge on any atom is 0.387 e. The number of aliphatic hydroxyl groups is 1. The molecule has 0 radical (unpaired) electrons. The van der Waals surface area contributed by atoms with Gasteiger partial charge in [-0.1, -0.05) is 18.2 Å². The van der Waals surface area contributed by atoms with Crippen molar-refractivity contribution in [3.63, 3.8) is 0 Å². The molecule has 6 heteroatoms. The smallest absolute Gasteiger partial charge is 0.387 e. The molecule has 1 rings (SSSR count). The number of allylic oxidation sites excluding steroid dienone is 1. The standard InChI is InChI=1S/C14H17F2NO3/c1-9(7-13(19)17-10(2)8-18)11-5-3-4-6-12(11)20-14(15)16/h3-7,10,14,18H,8H2,1-2H3,(H,17,19)/b9-7-. The number of alkyl halides is 2. The van der Waals surface area contributed by atoms with Gasteiger partial charge in [-0.15, -0.1) is 0 Å². The quantitative estimate of drug-likeness (QED) is 0.788. The zero-order valence-corrected chi connectivity index (χ0v) is 11.3. The van der Waals surface area contributed by atoms with Crippen LogP contribution >= 0.6 is 0 Å². The van der Waals surface area contributed by atoms with E-state index < -0.39 is 12.5 Å². The summed E-state index contributed by atoms with van der Waals surface area (Å²) in [5, 5.41) is 11.4. The van der Waals surface area contributed by atoms with Gasteiger partial charge in [-0.25, -0.2) is 0 Å². The minimum absolute atomic E-state index is 0.0132. The number of ether oxygens (including phenoxy) is 1. The van der Waals surface area contributed by atoms with Crippen molar-refractivity contribution in [2.75, 3.05) is 6.61 Å². The number of carbonyl (C=O) groups is 1. The SMILES string of the molecule is C/C(=C/C(=O)NC(C)CO)c1ccccc1OC(F)F. The van der Waals surface area contributed by atoms with Crippen LogP contribution in [0, 0.1) is 0 Å². The van der Waals surface area contributed by atoms with Gasteiger partial charge in [-0.2, -0.15) is 8.78 Å². The number of para-hydroxylation sites is 1. The van der Waals surface area contributed by atoms with E-state index in [2.05, 4.69) is 10.1 Å². The number of hydrogen-bond donors (Lipinski definition) is 2. The molecule has 1 aromatic carbocycles. The van der Waals surface area contributed by atoms with E-state index in [4.69, 9.17) is 5.11 Å². The Morgan fingerprint density at radius 2 is 2.10 bits per heavy atom. The minimum Gasteiger partial charge on any atom is -0.434 e. The molecule has 0 heterocycles. The van der Waals surface area contributed by atoms with Crippen LogP contribution in [0.5, 0.6) is 5.75 Å². The highest BCUT2D eigenvalue weighted by molar-refractivity contribution is 5.95. The van der Waals surface area contributed by atoms with Gasteiger partial charge in [-0.3, -0.25) is 4.79 Å². The predicted molar refractivity (Wildman–Crippen MR) is 71.4 cm³/mol. The summed E-state index contributed by atoms with van der Waals surface area (Å²) < 4.78 is 29.0. The summed E-state index contributed by atoms with van der Waals surface area (Å²) in [5.74, 6) is -0.393. The fourth-order valence-electron chi connectivity index (χ4n) is 1.60. The molecule has 1 aromatic rings. The van der Waals surface area contributed by atoms with Crippen LogP contribution in [0.15, 0.2) is 30.3 Å². The second kappa shape index (κ2) is 7.59. The van der Waals surface area contributed by atoms with Crippen molar-refractivity contribution in [1.82, 2.24) is 5.32 Å². The third-order valence-electron chi connectivity index (χ3n) is 2.54. The van der Waals surface area contributed by atoms with Gasteiger partial charge in [0.25, 0.3) is 0 Å². The second-order valence-corrected chi connectivity index (χ2v) is 4.29. The number of aliphatic hydroxyl groups excluding tert-OH is 1. The van der Waals surface area contributed by atoms with E-state index in [-0.39, 0.29) is 18.4 Å². The summed E-state index contributed by atoms with van der Waals surface area (Å²) in [6, 6.07) is 5.86. The van der Waals surface area contributed by atoms with Crippen molar-refractivity contribution >= 4 is 11.5 Å². The number of carbonyl (C=O) groups excluding carboxylic acids is 1.